The van der Waals surface area contributed by atoms with Crippen LogP contribution in [-0.2, 0) is 13.7 Å². The number of nitrogens with zero attached hydrogens (tertiary/aromatic N) is 2. The number of thiophene rings is 1. The van der Waals surface area contributed by atoms with E-state index in [9.17, 15) is 4.79 Å². The van der Waals surface area contributed by atoms with Crippen molar-refractivity contribution in [1.82, 2.24) is 9.78 Å². The third-order valence-electron chi connectivity index (χ3n) is 3.91. The minimum absolute atomic E-state index is 0.133. The van der Waals surface area contributed by atoms with Crippen LogP contribution in [0.4, 0.5) is 5.82 Å². The summed E-state index contributed by atoms with van der Waals surface area (Å²) >= 11 is 1.41. The maximum atomic E-state index is 12.4. The predicted molar refractivity (Wildman–Crippen MR) is 100 cm³/mol. The van der Waals surface area contributed by atoms with Gasteiger partial charge in [-0.25, -0.2) is 0 Å². The second kappa shape index (κ2) is 7.11. The van der Waals surface area contributed by atoms with E-state index in [0.717, 1.165) is 28.1 Å². The van der Waals surface area contributed by atoms with Gasteiger partial charge in [0.05, 0.1) is 10.6 Å². The summed E-state index contributed by atoms with van der Waals surface area (Å²) in [5.41, 5.74) is 4.07. The van der Waals surface area contributed by atoms with Crippen LogP contribution in [0.3, 0.4) is 0 Å². The lowest BCUT2D eigenvalue weighted by Gasteiger charge is -2.10. The van der Waals surface area contributed by atoms with Gasteiger partial charge in [0, 0.05) is 18.7 Å². The number of anilines is 1. The molecule has 130 valence electrons. The molecular formula is C19H21N3O2S. The summed E-state index contributed by atoms with van der Waals surface area (Å²) in [4.78, 5) is 13.0. The van der Waals surface area contributed by atoms with E-state index in [4.69, 9.17) is 4.74 Å². The van der Waals surface area contributed by atoms with Crippen LogP contribution in [0.15, 0.2) is 35.7 Å². The third-order valence-corrected chi connectivity index (χ3v) is 4.89. The van der Waals surface area contributed by atoms with Gasteiger partial charge in [0.15, 0.2) is 0 Å². The molecule has 25 heavy (non-hydrogen) atoms. The van der Waals surface area contributed by atoms with Gasteiger partial charge >= 0.3 is 0 Å². The summed E-state index contributed by atoms with van der Waals surface area (Å²) in [6.45, 7) is 6.40. The molecule has 0 saturated heterocycles. The van der Waals surface area contributed by atoms with Crippen molar-refractivity contribution in [1.29, 1.82) is 0 Å². The first-order chi connectivity index (χ1) is 11.9. The number of para-hydroxylation sites is 1. The van der Waals surface area contributed by atoms with Crippen molar-refractivity contribution in [2.75, 3.05) is 5.32 Å². The van der Waals surface area contributed by atoms with Crippen molar-refractivity contribution in [2.45, 2.75) is 27.4 Å². The lowest BCUT2D eigenvalue weighted by molar-refractivity contribution is 0.102. The lowest BCUT2D eigenvalue weighted by Crippen LogP contribution is -2.13. The van der Waals surface area contributed by atoms with Gasteiger partial charge in [0.2, 0.25) is 0 Å². The molecule has 0 fully saturated rings. The number of hydrogen-bond donors (Lipinski definition) is 1. The van der Waals surface area contributed by atoms with Gasteiger partial charge < -0.3 is 10.1 Å². The van der Waals surface area contributed by atoms with Gasteiger partial charge in [0.1, 0.15) is 18.2 Å². The van der Waals surface area contributed by atoms with Gasteiger partial charge in [-0.3, -0.25) is 9.48 Å². The van der Waals surface area contributed by atoms with E-state index in [-0.39, 0.29) is 5.91 Å². The topological polar surface area (TPSA) is 56.1 Å². The molecule has 0 unspecified atom stereocenters. The van der Waals surface area contributed by atoms with Crippen molar-refractivity contribution in [2.24, 2.45) is 7.05 Å². The number of aryl methyl sites for hydroxylation is 4. The summed E-state index contributed by atoms with van der Waals surface area (Å²) in [5, 5.41) is 9.07. The molecule has 0 aliphatic heterocycles. The lowest BCUT2D eigenvalue weighted by atomic mass is 10.1. The van der Waals surface area contributed by atoms with Gasteiger partial charge in [0.25, 0.3) is 5.91 Å². The van der Waals surface area contributed by atoms with Crippen molar-refractivity contribution >= 4 is 23.1 Å². The van der Waals surface area contributed by atoms with Crippen LogP contribution < -0.4 is 10.1 Å². The third kappa shape index (κ3) is 3.91. The zero-order chi connectivity index (χ0) is 18.0. The molecule has 2 aromatic heterocycles. The van der Waals surface area contributed by atoms with Crippen molar-refractivity contribution in [3.05, 3.63) is 63.0 Å². The van der Waals surface area contributed by atoms with Gasteiger partial charge in [-0.15, -0.1) is 11.3 Å². The average molecular weight is 355 g/mol. The molecule has 5 nitrogen and oxygen atoms in total. The number of carbonyl (C=O) groups is 1. The molecule has 0 aliphatic carbocycles. The highest BCUT2D eigenvalue weighted by Gasteiger charge is 2.13. The Labute approximate surface area is 151 Å². The molecule has 1 amide bonds. The number of carbonyl (C=O) groups excluding carboxylic acids is 1. The highest BCUT2D eigenvalue weighted by atomic mass is 32.1. The molecule has 0 aliphatic rings. The molecule has 3 rings (SSSR count). The second-order valence-electron chi connectivity index (χ2n) is 6.08. The molecule has 0 atom stereocenters. The monoisotopic (exact) mass is 355 g/mol. The number of hydrogen-bond acceptors (Lipinski definition) is 4. The van der Waals surface area contributed by atoms with E-state index in [1.165, 1.54) is 11.3 Å². The Hall–Kier alpha value is -2.60. The molecule has 0 saturated carbocycles. The Morgan fingerprint density at radius 1 is 1.24 bits per heavy atom. The van der Waals surface area contributed by atoms with E-state index in [1.807, 2.05) is 56.5 Å². The number of rotatable bonds is 5. The molecular weight excluding hydrogens is 334 g/mol. The van der Waals surface area contributed by atoms with Crippen LogP contribution >= 0.6 is 11.3 Å². The predicted octanol–water partition coefficient (Wildman–Crippen LogP) is 4.24. The zero-order valence-electron chi connectivity index (χ0n) is 14.8. The first-order valence-corrected chi connectivity index (χ1v) is 8.90. The first-order valence-electron chi connectivity index (χ1n) is 8.02. The fraction of sp³-hybridized carbons (Fsp3) is 0.263. The smallest absolute Gasteiger partial charge is 0.266 e. The minimum atomic E-state index is -0.133. The van der Waals surface area contributed by atoms with E-state index in [2.05, 4.69) is 10.4 Å². The highest BCUT2D eigenvalue weighted by Crippen LogP contribution is 2.25. The van der Waals surface area contributed by atoms with E-state index in [1.54, 1.807) is 11.7 Å². The van der Waals surface area contributed by atoms with Gasteiger partial charge in [-0.1, -0.05) is 18.2 Å². The summed E-state index contributed by atoms with van der Waals surface area (Å²) in [5.74, 6) is 1.46. The van der Waals surface area contributed by atoms with Crippen molar-refractivity contribution in [3.63, 3.8) is 0 Å². The SMILES string of the molecule is Cc1cc(NC(=O)c2cc(COc3c(C)cccc3C)cs2)n(C)n1. The largest absolute Gasteiger partial charge is 0.488 e. The van der Waals surface area contributed by atoms with E-state index >= 15 is 0 Å². The van der Waals surface area contributed by atoms with E-state index in [0.29, 0.717) is 17.3 Å². The number of benzene rings is 1. The quantitative estimate of drug-likeness (QED) is 0.745. The maximum Gasteiger partial charge on any atom is 0.266 e. The molecule has 0 bridgehead atoms. The van der Waals surface area contributed by atoms with Gasteiger partial charge in [-0.05, 0) is 43.3 Å². The summed E-state index contributed by atoms with van der Waals surface area (Å²) in [6.07, 6.45) is 0. The Bertz CT molecular complexity index is 891. The first kappa shape index (κ1) is 17.2. The van der Waals surface area contributed by atoms with E-state index < -0.39 is 0 Å². The fourth-order valence-electron chi connectivity index (χ4n) is 2.66. The highest BCUT2D eigenvalue weighted by molar-refractivity contribution is 7.12. The average Bonchev–Trinajstić information content (AvgIpc) is 3.14. The van der Waals surface area contributed by atoms with Crippen LogP contribution in [0.2, 0.25) is 0 Å². The number of ether oxygens (including phenoxy) is 1. The molecule has 3 aromatic rings. The normalized spacial score (nSPS) is 10.7. The summed E-state index contributed by atoms with van der Waals surface area (Å²) < 4.78 is 7.61. The number of amides is 1. The molecule has 0 spiro atoms. The minimum Gasteiger partial charge on any atom is -0.488 e. The fourth-order valence-corrected chi connectivity index (χ4v) is 3.45. The Kier molecular flexibility index (Phi) is 4.90. The molecule has 2 heterocycles. The van der Waals surface area contributed by atoms with Gasteiger partial charge in [-0.2, -0.15) is 5.10 Å². The Balaban J connectivity index is 1.66. The molecule has 0 radical (unpaired) electrons. The number of nitrogens with one attached hydrogen (secondary N) is 1. The molecule has 6 heteroatoms. The Morgan fingerprint density at radius 2 is 1.96 bits per heavy atom. The van der Waals surface area contributed by atoms with Crippen LogP contribution in [-0.4, -0.2) is 15.7 Å². The van der Waals surface area contributed by atoms with Crippen LogP contribution in [0.5, 0.6) is 5.75 Å². The zero-order valence-corrected chi connectivity index (χ0v) is 15.6. The Morgan fingerprint density at radius 3 is 2.60 bits per heavy atom. The second-order valence-corrected chi connectivity index (χ2v) is 6.99. The van der Waals surface area contributed by atoms with Crippen LogP contribution in [0.1, 0.15) is 32.1 Å². The molecule has 1 aromatic carbocycles. The summed E-state index contributed by atoms with van der Waals surface area (Å²) in [6, 6.07) is 9.80. The number of aromatic nitrogens is 2. The standard InChI is InChI=1S/C19H21N3O2S/c1-12-6-5-7-13(2)18(12)24-10-15-9-16(25-11-15)19(23)20-17-8-14(3)21-22(17)4/h5-9,11H,10H2,1-4H3,(H,20,23). The maximum absolute atomic E-state index is 12.4. The van der Waals surface area contributed by atoms with Crippen LogP contribution in [0.25, 0.3) is 0 Å². The van der Waals surface area contributed by atoms with Crippen molar-refractivity contribution in [3.8, 4) is 5.75 Å². The molecule has 1 N–H and O–H groups in total. The van der Waals surface area contributed by atoms with Crippen LogP contribution in [0, 0.1) is 20.8 Å². The van der Waals surface area contributed by atoms with Crippen molar-refractivity contribution < 1.29 is 9.53 Å². The summed E-state index contributed by atoms with van der Waals surface area (Å²) in [7, 11) is 1.81.